The van der Waals surface area contributed by atoms with Gasteiger partial charge in [-0.1, -0.05) is 12.1 Å². The van der Waals surface area contributed by atoms with Gasteiger partial charge < -0.3 is 10.3 Å². The van der Waals surface area contributed by atoms with Gasteiger partial charge in [-0.3, -0.25) is 4.79 Å². The molecule has 0 radical (unpaired) electrons. The van der Waals surface area contributed by atoms with E-state index in [-0.39, 0.29) is 5.91 Å². The van der Waals surface area contributed by atoms with Crippen molar-refractivity contribution >= 4 is 16.8 Å². The number of fused-ring (bicyclic) bond motifs is 1. The lowest BCUT2D eigenvalue weighted by Crippen LogP contribution is -2.24. The van der Waals surface area contributed by atoms with Crippen molar-refractivity contribution in [3.05, 3.63) is 48.2 Å². The minimum absolute atomic E-state index is 0.0245. The number of aryl methyl sites for hydroxylation is 1. The van der Waals surface area contributed by atoms with Crippen molar-refractivity contribution in [2.45, 2.75) is 13.3 Å². The van der Waals surface area contributed by atoms with E-state index in [2.05, 4.69) is 22.9 Å². The molecule has 2 rings (SSSR count). The van der Waals surface area contributed by atoms with Crippen LogP contribution in [0.4, 0.5) is 0 Å². The Balaban J connectivity index is 2.13. The maximum Gasteiger partial charge on any atom is 0.224 e. The Morgan fingerprint density at radius 2 is 2.29 bits per heavy atom. The van der Waals surface area contributed by atoms with E-state index < -0.39 is 0 Å². The van der Waals surface area contributed by atoms with Gasteiger partial charge in [-0.15, -0.1) is 6.58 Å². The smallest absolute Gasteiger partial charge is 0.224 e. The quantitative estimate of drug-likeness (QED) is 0.775. The first-order valence-electron chi connectivity index (χ1n) is 5.65. The highest BCUT2D eigenvalue weighted by Gasteiger charge is 2.04. The zero-order valence-corrected chi connectivity index (χ0v) is 9.92. The highest BCUT2D eigenvalue weighted by Crippen LogP contribution is 2.17. The van der Waals surface area contributed by atoms with Crippen LogP contribution in [-0.4, -0.2) is 17.4 Å². The van der Waals surface area contributed by atoms with Gasteiger partial charge in [-0.2, -0.15) is 0 Å². The maximum absolute atomic E-state index is 11.5. The van der Waals surface area contributed by atoms with Crippen molar-refractivity contribution in [1.82, 2.24) is 10.3 Å². The molecule has 0 fully saturated rings. The molecule has 1 amide bonds. The second-order valence-electron chi connectivity index (χ2n) is 4.14. The standard InChI is InChI=1S/C14H16N2O/c1-3-6-15-14(17)9-11-4-5-13-12(8-11)7-10(2)16-13/h3-5,7-8,16H,1,6,9H2,2H3,(H,15,17). The van der Waals surface area contributed by atoms with Crippen LogP contribution in [-0.2, 0) is 11.2 Å². The fourth-order valence-electron chi connectivity index (χ4n) is 1.87. The van der Waals surface area contributed by atoms with E-state index >= 15 is 0 Å². The van der Waals surface area contributed by atoms with Gasteiger partial charge in [0.1, 0.15) is 0 Å². The molecule has 0 spiro atoms. The van der Waals surface area contributed by atoms with Crippen molar-refractivity contribution < 1.29 is 4.79 Å². The molecule has 0 aliphatic rings. The average molecular weight is 228 g/mol. The van der Waals surface area contributed by atoms with Crippen molar-refractivity contribution in [1.29, 1.82) is 0 Å². The third-order valence-corrected chi connectivity index (χ3v) is 2.63. The van der Waals surface area contributed by atoms with Gasteiger partial charge in [-0.05, 0) is 36.1 Å². The highest BCUT2D eigenvalue weighted by molar-refractivity contribution is 5.84. The fraction of sp³-hybridized carbons (Fsp3) is 0.214. The van der Waals surface area contributed by atoms with Crippen LogP contribution in [0.5, 0.6) is 0 Å². The molecule has 0 atom stereocenters. The Kier molecular flexibility index (Phi) is 3.28. The van der Waals surface area contributed by atoms with Crippen LogP contribution in [0.3, 0.4) is 0 Å². The first kappa shape index (κ1) is 11.5. The summed E-state index contributed by atoms with van der Waals surface area (Å²) in [6.45, 7) is 6.11. The molecule has 1 heterocycles. The molecule has 0 aliphatic carbocycles. The molecule has 0 saturated carbocycles. The van der Waals surface area contributed by atoms with Gasteiger partial charge in [0.25, 0.3) is 0 Å². The van der Waals surface area contributed by atoms with Gasteiger partial charge in [0.15, 0.2) is 0 Å². The number of aromatic nitrogens is 1. The zero-order chi connectivity index (χ0) is 12.3. The van der Waals surface area contributed by atoms with Crippen molar-refractivity contribution in [3.63, 3.8) is 0 Å². The summed E-state index contributed by atoms with van der Waals surface area (Å²) >= 11 is 0. The Hall–Kier alpha value is -2.03. The van der Waals surface area contributed by atoms with Crippen LogP contribution in [0.1, 0.15) is 11.3 Å². The van der Waals surface area contributed by atoms with Crippen LogP contribution in [0.15, 0.2) is 36.9 Å². The number of rotatable bonds is 4. The summed E-state index contributed by atoms with van der Waals surface area (Å²) in [5.74, 6) is 0.0245. The molecule has 1 aromatic carbocycles. The predicted octanol–water partition coefficient (Wildman–Crippen LogP) is 2.32. The Labute approximate surface area is 101 Å². The number of hydrogen-bond donors (Lipinski definition) is 2. The molecular formula is C14H16N2O. The first-order chi connectivity index (χ1) is 8.19. The van der Waals surface area contributed by atoms with Crippen LogP contribution in [0.2, 0.25) is 0 Å². The van der Waals surface area contributed by atoms with E-state index in [1.54, 1.807) is 6.08 Å². The maximum atomic E-state index is 11.5. The lowest BCUT2D eigenvalue weighted by atomic mass is 10.1. The van der Waals surface area contributed by atoms with Crippen LogP contribution in [0.25, 0.3) is 10.9 Å². The summed E-state index contributed by atoms with van der Waals surface area (Å²) < 4.78 is 0. The molecule has 2 aromatic rings. The number of benzene rings is 1. The van der Waals surface area contributed by atoms with Crippen LogP contribution < -0.4 is 5.32 Å². The summed E-state index contributed by atoms with van der Waals surface area (Å²) in [6, 6.07) is 8.12. The van der Waals surface area contributed by atoms with E-state index in [4.69, 9.17) is 0 Å². The summed E-state index contributed by atoms with van der Waals surface area (Å²) in [5, 5.41) is 3.92. The summed E-state index contributed by atoms with van der Waals surface area (Å²) in [7, 11) is 0. The third kappa shape index (κ3) is 2.75. The average Bonchev–Trinajstić information content (AvgIpc) is 2.65. The number of nitrogens with one attached hydrogen (secondary N) is 2. The zero-order valence-electron chi connectivity index (χ0n) is 9.92. The third-order valence-electron chi connectivity index (χ3n) is 2.63. The minimum Gasteiger partial charge on any atom is -0.359 e. The van der Waals surface area contributed by atoms with E-state index in [1.165, 1.54) is 0 Å². The molecule has 17 heavy (non-hydrogen) atoms. The Morgan fingerprint density at radius 1 is 1.47 bits per heavy atom. The molecule has 0 unspecified atom stereocenters. The first-order valence-corrected chi connectivity index (χ1v) is 5.65. The topological polar surface area (TPSA) is 44.9 Å². The number of H-pyrrole nitrogens is 1. The highest BCUT2D eigenvalue weighted by atomic mass is 16.1. The molecule has 0 saturated heterocycles. The van der Waals surface area contributed by atoms with Gasteiger partial charge in [0, 0.05) is 17.8 Å². The lowest BCUT2D eigenvalue weighted by Gasteiger charge is -2.02. The van der Waals surface area contributed by atoms with E-state index in [9.17, 15) is 4.79 Å². The SMILES string of the molecule is C=CCNC(=O)Cc1ccc2[nH]c(C)cc2c1. The molecule has 88 valence electrons. The lowest BCUT2D eigenvalue weighted by molar-refractivity contribution is -0.120. The minimum atomic E-state index is 0.0245. The predicted molar refractivity (Wildman–Crippen MR) is 69.9 cm³/mol. The molecule has 0 bridgehead atoms. The number of hydrogen-bond acceptors (Lipinski definition) is 1. The molecule has 3 heteroatoms. The van der Waals surface area contributed by atoms with Crippen molar-refractivity contribution in [3.8, 4) is 0 Å². The second-order valence-corrected chi connectivity index (χ2v) is 4.14. The molecule has 0 aliphatic heterocycles. The second kappa shape index (κ2) is 4.87. The van der Waals surface area contributed by atoms with E-state index in [0.717, 1.165) is 22.2 Å². The summed E-state index contributed by atoms with van der Waals surface area (Å²) in [5.41, 5.74) is 3.27. The van der Waals surface area contributed by atoms with E-state index in [0.29, 0.717) is 13.0 Å². The van der Waals surface area contributed by atoms with Crippen molar-refractivity contribution in [2.75, 3.05) is 6.54 Å². The largest absolute Gasteiger partial charge is 0.359 e. The number of amides is 1. The van der Waals surface area contributed by atoms with E-state index in [1.807, 2.05) is 25.1 Å². The van der Waals surface area contributed by atoms with Gasteiger partial charge in [0.2, 0.25) is 5.91 Å². The van der Waals surface area contributed by atoms with Crippen LogP contribution >= 0.6 is 0 Å². The Bertz CT molecular complexity index is 554. The summed E-state index contributed by atoms with van der Waals surface area (Å²) in [6.07, 6.45) is 2.09. The molecule has 1 aromatic heterocycles. The number of aromatic amines is 1. The van der Waals surface area contributed by atoms with Gasteiger partial charge in [0.05, 0.1) is 6.42 Å². The van der Waals surface area contributed by atoms with Gasteiger partial charge >= 0.3 is 0 Å². The Morgan fingerprint density at radius 3 is 3.06 bits per heavy atom. The fourth-order valence-corrected chi connectivity index (χ4v) is 1.87. The monoisotopic (exact) mass is 228 g/mol. The van der Waals surface area contributed by atoms with Crippen molar-refractivity contribution in [2.24, 2.45) is 0 Å². The molecule has 3 nitrogen and oxygen atoms in total. The van der Waals surface area contributed by atoms with Gasteiger partial charge in [-0.25, -0.2) is 0 Å². The normalized spacial score (nSPS) is 10.4. The summed E-state index contributed by atoms with van der Waals surface area (Å²) in [4.78, 5) is 14.8. The number of carbonyl (C=O) groups excluding carboxylic acids is 1. The molecule has 2 N–H and O–H groups in total. The number of carbonyl (C=O) groups is 1. The van der Waals surface area contributed by atoms with Crippen LogP contribution in [0, 0.1) is 6.92 Å². The molecular weight excluding hydrogens is 212 g/mol.